The van der Waals surface area contributed by atoms with Crippen LogP contribution in [0.2, 0.25) is 0 Å². The van der Waals surface area contributed by atoms with Crippen LogP contribution in [0.4, 0.5) is 10.1 Å². The molecule has 1 unspecified atom stereocenters. The molecule has 0 bridgehead atoms. The molecule has 7 rings (SSSR count). The zero-order valence-corrected chi connectivity index (χ0v) is 24.3. The Morgan fingerprint density at radius 2 is 1.86 bits per heavy atom. The van der Waals surface area contributed by atoms with Crippen LogP contribution in [0.15, 0.2) is 67.1 Å². The van der Waals surface area contributed by atoms with Crippen LogP contribution in [0.3, 0.4) is 0 Å². The smallest absolute Gasteiger partial charge is 0.227 e. The second-order valence-electron chi connectivity index (χ2n) is 11.1. The van der Waals surface area contributed by atoms with Gasteiger partial charge < -0.3 is 16.0 Å². The molecule has 4 aromatic heterocycles. The highest BCUT2D eigenvalue weighted by Gasteiger charge is 2.25. The zero-order valence-electron chi connectivity index (χ0n) is 23.5. The van der Waals surface area contributed by atoms with Gasteiger partial charge in [0, 0.05) is 41.1 Å². The van der Waals surface area contributed by atoms with Crippen molar-refractivity contribution in [3.05, 3.63) is 78.5 Å². The molecule has 1 aliphatic carbocycles. The van der Waals surface area contributed by atoms with Crippen LogP contribution in [-0.4, -0.2) is 50.7 Å². The standard InChI is InChI=1S/C31H27FN8O3S/c1-44(42,43)29(33)19-9-18(10-21(32)11-19)26-28-25(7-8-35-26)37-30(38-28)27-23-13-17(5-6-24(23)39-40-27)20-12-22(15-34-14-20)36-31(41)16-3-2-4-16/h5-16,29H,2-4,33H2,1H3,(H,36,41)(H,37,38)(H,39,40). The first kappa shape index (κ1) is 27.8. The Hall–Kier alpha value is -5.01. The third-order valence-corrected chi connectivity index (χ3v) is 9.18. The highest BCUT2D eigenvalue weighted by molar-refractivity contribution is 7.90. The molecule has 1 saturated carbocycles. The van der Waals surface area contributed by atoms with Crippen molar-refractivity contribution in [2.75, 3.05) is 11.6 Å². The summed E-state index contributed by atoms with van der Waals surface area (Å²) in [5, 5.41) is 9.95. The van der Waals surface area contributed by atoms with Crippen molar-refractivity contribution in [2.45, 2.75) is 24.6 Å². The van der Waals surface area contributed by atoms with Crippen LogP contribution in [0.1, 0.15) is 30.2 Å². The number of aromatic nitrogens is 6. The fourth-order valence-electron chi connectivity index (χ4n) is 5.37. The van der Waals surface area contributed by atoms with Crippen LogP contribution in [0.25, 0.3) is 55.8 Å². The topological polar surface area (TPSA) is 172 Å². The lowest BCUT2D eigenvalue weighted by Gasteiger charge is -2.24. The van der Waals surface area contributed by atoms with Crippen molar-refractivity contribution in [1.82, 2.24) is 30.1 Å². The number of rotatable bonds is 7. The molecule has 1 fully saturated rings. The largest absolute Gasteiger partial charge is 0.336 e. The van der Waals surface area contributed by atoms with Gasteiger partial charge in [0.2, 0.25) is 5.91 Å². The summed E-state index contributed by atoms with van der Waals surface area (Å²) in [7, 11) is -3.66. The number of nitrogens with one attached hydrogen (secondary N) is 3. The molecule has 0 aliphatic heterocycles. The second kappa shape index (κ2) is 10.6. The number of amides is 1. The summed E-state index contributed by atoms with van der Waals surface area (Å²) in [6.07, 6.45) is 8.85. The van der Waals surface area contributed by atoms with Gasteiger partial charge in [-0.3, -0.25) is 19.9 Å². The summed E-state index contributed by atoms with van der Waals surface area (Å²) < 4.78 is 38.7. The number of anilines is 1. The third-order valence-electron chi connectivity index (χ3n) is 7.99. The first-order valence-corrected chi connectivity index (χ1v) is 15.9. The molecular weight excluding hydrogens is 583 g/mol. The van der Waals surface area contributed by atoms with Crippen LogP contribution >= 0.6 is 0 Å². The quantitative estimate of drug-likeness (QED) is 0.193. The Morgan fingerprint density at radius 3 is 2.64 bits per heavy atom. The second-order valence-corrected chi connectivity index (χ2v) is 13.2. The first-order chi connectivity index (χ1) is 21.1. The highest BCUT2D eigenvalue weighted by atomic mass is 32.2. The summed E-state index contributed by atoms with van der Waals surface area (Å²) >= 11 is 0. The fourth-order valence-corrected chi connectivity index (χ4v) is 6.00. The summed E-state index contributed by atoms with van der Waals surface area (Å²) in [5.41, 5.74) is 11.5. The molecule has 4 heterocycles. The van der Waals surface area contributed by atoms with Crippen molar-refractivity contribution in [2.24, 2.45) is 11.7 Å². The van der Waals surface area contributed by atoms with E-state index < -0.39 is 21.0 Å². The predicted octanol–water partition coefficient (Wildman–Crippen LogP) is 5.11. The minimum Gasteiger partial charge on any atom is -0.336 e. The summed E-state index contributed by atoms with van der Waals surface area (Å²) in [6, 6.07) is 13.4. The minimum absolute atomic E-state index is 0.0224. The maximum absolute atomic E-state index is 14.6. The highest BCUT2D eigenvalue weighted by Crippen LogP contribution is 2.34. The Morgan fingerprint density at radius 1 is 1.02 bits per heavy atom. The number of aromatic amines is 2. The Labute approximate surface area is 251 Å². The number of hydrogen-bond acceptors (Lipinski definition) is 8. The molecule has 13 heteroatoms. The van der Waals surface area contributed by atoms with Crippen LogP contribution < -0.4 is 11.1 Å². The number of nitrogens with two attached hydrogens (primary N) is 1. The van der Waals surface area contributed by atoms with E-state index in [0.29, 0.717) is 39.5 Å². The molecule has 0 spiro atoms. The average Bonchev–Trinajstić information content (AvgIpc) is 3.59. The molecule has 1 atom stereocenters. The number of carbonyl (C=O) groups is 1. The van der Waals surface area contributed by atoms with Crippen molar-refractivity contribution in [3.63, 3.8) is 0 Å². The fraction of sp³-hybridized carbons (Fsp3) is 0.194. The molecule has 5 N–H and O–H groups in total. The summed E-state index contributed by atoms with van der Waals surface area (Å²) in [6.45, 7) is 0. The predicted molar refractivity (Wildman–Crippen MR) is 165 cm³/mol. The number of carbonyl (C=O) groups excluding carboxylic acids is 1. The van der Waals surface area contributed by atoms with Crippen LogP contribution in [0, 0.1) is 11.7 Å². The molecule has 1 amide bonds. The maximum Gasteiger partial charge on any atom is 0.227 e. The van der Waals surface area contributed by atoms with Gasteiger partial charge in [0.25, 0.3) is 0 Å². The zero-order chi connectivity index (χ0) is 30.6. The van der Waals surface area contributed by atoms with Crippen molar-refractivity contribution in [3.8, 4) is 33.9 Å². The van der Waals surface area contributed by atoms with E-state index in [1.54, 1.807) is 24.7 Å². The first-order valence-electron chi connectivity index (χ1n) is 14.0. The number of nitrogens with zero attached hydrogens (tertiary/aromatic N) is 4. The number of pyridine rings is 2. The van der Waals surface area contributed by atoms with Gasteiger partial charge in [-0.25, -0.2) is 17.8 Å². The van der Waals surface area contributed by atoms with E-state index in [1.807, 2.05) is 24.3 Å². The van der Waals surface area contributed by atoms with Gasteiger partial charge >= 0.3 is 0 Å². The van der Waals surface area contributed by atoms with Crippen molar-refractivity contribution in [1.29, 1.82) is 0 Å². The van der Waals surface area contributed by atoms with Gasteiger partial charge in [-0.05, 0) is 66.4 Å². The lowest BCUT2D eigenvalue weighted by Crippen LogP contribution is -2.28. The summed E-state index contributed by atoms with van der Waals surface area (Å²) in [5.74, 6) is -0.0924. The number of hydrogen-bond donors (Lipinski definition) is 4. The van der Waals surface area contributed by atoms with Crippen molar-refractivity contribution >= 4 is 43.4 Å². The SMILES string of the molecule is CS(=O)(=O)C(N)c1cc(F)cc(-c2nccc3[nH]c(-c4n[nH]c5ccc(-c6cncc(NC(=O)C7CCC7)c6)cc45)nc23)c1. The van der Waals surface area contributed by atoms with Gasteiger partial charge in [0.05, 0.1) is 28.6 Å². The van der Waals surface area contributed by atoms with E-state index >= 15 is 0 Å². The van der Waals surface area contributed by atoms with E-state index in [-0.39, 0.29) is 17.4 Å². The lowest BCUT2D eigenvalue weighted by atomic mass is 9.85. The molecule has 0 saturated heterocycles. The van der Waals surface area contributed by atoms with E-state index in [1.165, 1.54) is 12.1 Å². The van der Waals surface area contributed by atoms with E-state index in [4.69, 9.17) is 10.7 Å². The van der Waals surface area contributed by atoms with Gasteiger partial charge in [-0.15, -0.1) is 0 Å². The normalized spacial score (nSPS) is 14.5. The monoisotopic (exact) mass is 610 g/mol. The maximum atomic E-state index is 14.6. The Kier molecular flexibility index (Phi) is 6.70. The van der Waals surface area contributed by atoms with Gasteiger partial charge in [0.15, 0.2) is 15.7 Å². The van der Waals surface area contributed by atoms with E-state index in [0.717, 1.165) is 53.6 Å². The molecule has 222 valence electrons. The Bertz CT molecular complexity index is 2190. The van der Waals surface area contributed by atoms with E-state index in [2.05, 4.69) is 30.5 Å². The number of benzene rings is 2. The number of imidazole rings is 1. The minimum atomic E-state index is -3.66. The molecule has 6 aromatic rings. The van der Waals surface area contributed by atoms with Crippen LogP contribution in [0.5, 0.6) is 0 Å². The lowest BCUT2D eigenvalue weighted by molar-refractivity contribution is -0.122. The summed E-state index contributed by atoms with van der Waals surface area (Å²) in [4.78, 5) is 29.3. The number of halogens is 1. The molecule has 0 radical (unpaired) electrons. The molecule has 11 nitrogen and oxygen atoms in total. The number of sulfone groups is 1. The van der Waals surface area contributed by atoms with E-state index in [9.17, 15) is 17.6 Å². The molecule has 44 heavy (non-hydrogen) atoms. The molecule has 1 aliphatic rings. The molecular formula is C31H27FN8O3S. The van der Waals surface area contributed by atoms with Crippen LogP contribution in [-0.2, 0) is 14.6 Å². The van der Waals surface area contributed by atoms with Gasteiger partial charge in [0.1, 0.15) is 22.4 Å². The molecule has 2 aromatic carbocycles. The third kappa shape index (κ3) is 5.09. The number of fused-ring (bicyclic) bond motifs is 2. The number of H-pyrrole nitrogens is 2. The van der Waals surface area contributed by atoms with Crippen molar-refractivity contribution < 1.29 is 17.6 Å². The average molecular weight is 611 g/mol. The van der Waals surface area contributed by atoms with Gasteiger partial charge in [-0.1, -0.05) is 12.5 Å². The Balaban J connectivity index is 1.26. The van der Waals surface area contributed by atoms with Gasteiger partial charge in [-0.2, -0.15) is 5.10 Å².